The van der Waals surface area contributed by atoms with Crippen molar-refractivity contribution in [3.63, 3.8) is 0 Å². The number of ether oxygens (including phenoxy) is 2. The van der Waals surface area contributed by atoms with Crippen LogP contribution in [0.25, 0.3) is 10.2 Å². The van der Waals surface area contributed by atoms with Gasteiger partial charge in [-0.2, -0.15) is 21.6 Å². The molecule has 268 valence electrons. The topological polar surface area (TPSA) is 184 Å². The number of benzene rings is 3. The van der Waals surface area contributed by atoms with Crippen LogP contribution in [0.1, 0.15) is 12.5 Å². The summed E-state index contributed by atoms with van der Waals surface area (Å²) >= 11 is 1.28. The number of carbonyl (C=O) groups is 3. The van der Waals surface area contributed by atoms with Crippen molar-refractivity contribution in [2.45, 2.75) is 34.8 Å². The normalized spacial score (nSPS) is 16.5. The highest BCUT2D eigenvalue weighted by Crippen LogP contribution is 2.46. The fourth-order valence-corrected chi connectivity index (χ4v) is 8.80. The lowest BCUT2D eigenvalue weighted by Crippen LogP contribution is -2.69. The van der Waals surface area contributed by atoms with E-state index in [-0.39, 0.29) is 11.3 Å². The van der Waals surface area contributed by atoms with Gasteiger partial charge in [0.1, 0.15) is 29.5 Å². The van der Waals surface area contributed by atoms with Crippen molar-refractivity contribution in [3.8, 4) is 5.75 Å². The van der Waals surface area contributed by atoms with Crippen LogP contribution in [0.5, 0.6) is 5.75 Å². The molecule has 2 amide bonds. The standard InChI is InChI=1S/C30H23F3N4O10S4/c1-17(47-51(43,44)30(31,32)33)25(28(40)46-15-18-11-13-19(14-12-18)37(41)42)36-26(39)24(35-23(38)16-45-20-7-3-2-4-8-20)27(36)49-50-29-34-21-9-5-6-10-22(21)48-29/h2-14,24,27H,15-16H2,1H3,(H,35,38). The van der Waals surface area contributed by atoms with Crippen molar-refractivity contribution in [1.82, 2.24) is 15.2 Å². The van der Waals surface area contributed by atoms with Crippen LogP contribution < -0.4 is 10.1 Å². The number of hydrogen-bond acceptors (Lipinski definition) is 14. The number of thiazole rings is 1. The van der Waals surface area contributed by atoms with E-state index in [1.165, 1.54) is 23.5 Å². The summed E-state index contributed by atoms with van der Waals surface area (Å²) in [5, 5.41) is 12.2. The summed E-state index contributed by atoms with van der Waals surface area (Å²) in [7, 11) is -4.40. The van der Waals surface area contributed by atoms with Gasteiger partial charge in [-0.15, -0.1) is 11.3 Å². The van der Waals surface area contributed by atoms with Crippen molar-refractivity contribution in [2.24, 2.45) is 0 Å². The molecule has 2 unspecified atom stereocenters. The van der Waals surface area contributed by atoms with E-state index in [9.17, 15) is 46.1 Å². The zero-order valence-electron chi connectivity index (χ0n) is 25.8. The van der Waals surface area contributed by atoms with Gasteiger partial charge in [0.15, 0.2) is 16.6 Å². The highest BCUT2D eigenvalue weighted by Gasteiger charge is 2.54. The molecule has 1 aliphatic rings. The summed E-state index contributed by atoms with van der Waals surface area (Å²) in [6.45, 7) is -0.389. The Kier molecular flexibility index (Phi) is 11.4. The average Bonchev–Trinajstić information content (AvgIpc) is 3.51. The highest BCUT2D eigenvalue weighted by molar-refractivity contribution is 8.77. The van der Waals surface area contributed by atoms with E-state index in [1.54, 1.807) is 48.5 Å². The molecule has 14 nitrogen and oxygen atoms in total. The number of alkyl halides is 3. The largest absolute Gasteiger partial charge is 0.534 e. The van der Waals surface area contributed by atoms with Crippen LogP contribution in [0.3, 0.4) is 0 Å². The Morgan fingerprint density at radius 3 is 2.37 bits per heavy atom. The number of esters is 1. The molecule has 1 aromatic heterocycles. The van der Waals surface area contributed by atoms with Gasteiger partial charge in [-0.25, -0.2) is 9.78 Å². The molecule has 2 atom stereocenters. The second-order valence-corrected chi connectivity index (χ2v) is 15.4. The second kappa shape index (κ2) is 15.6. The molecule has 0 spiro atoms. The van der Waals surface area contributed by atoms with Gasteiger partial charge in [0.25, 0.3) is 17.5 Å². The van der Waals surface area contributed by atoms with Gasteiger partial charge < -0.3 is 19.0 Å². The van der Waals surface area contributed by atoms with Gasteiger partial charge >= 0.3 is 21.6 Å². The number of likely N-dealkylation sites (tertiary alicyclic amines) is 1. The molecule has 4 aromatic rings. The molecule has 5 rings (SSSR count). The molecule has 21 heteroatoms. The summed E-state index contributed by atoms with van der Waals surface area (Å²) in [5.41, 5.74) is -6.29. The van der Waals surface area contributed by atoms with Crippen LogP contribution >= 0.6 is 32.9 Å². The van der Waals surface area contributed by atoms with Gasteiger partial charge in [-0.05, 0) is 59.7 Å². The number of fused-ring (bicyclic) bond motifs is 1. The number of hydrogen-bond donors (Lipinski definition) is 1. The van der Waals surface area contributed by atoms with Crippen molar-refractivity contribution < 1.29 is 54.6 Å². The summed E-state index contributed by atoms with van der Waals surface area (Å²) in [5.74, 6) is -4.04. The monoisotopic (exact) mass is 784 g/mol. The van der Waals surface area contributed by atoms with E-state index in [4.69, 9.17) is 9.47 Å². The van der Waals surface area contributed by atoms with E-state index in [0.717, 1.165) is 45.3 Å². The maximum Gasteiger partial charge on any atom is 0.534 e. The third-order valence-corrected chi connectivity index (χ3v) is 11.8. The number of nitrogens with zero attached hydrogens (tertiary/aromatic N) is 3. The number of rotatable bonds is 14. The average molecular weight is 785 g/mol. The fourth-order valence-electron chi connectivity index (χ4n) is 4.39. The first kappa shape index (κ1) is 37.4. The number of amides is 2. The number of aromatic nitrogens is 1. The highest BCUT2D eigenvalue weighted by atomic mass is 33.1. The Morgan fingerprint density at radius 2 is 1.73 bits per heavy atom. The number of nitrogens with one attached hydrogen (secondary N) is 1. The van der Waals surface area contributed by atoms with E-state index in [2.05, 4.69) is 14.5 Å². The first-order valence-electron chi connectivity index (χ1n) is 14.3. The van der Waals surface area contributed by atoms with E-state index in [0.29, 0.717) is 20.5 Å². The van der Waals surface area contributed by atoms with Crippen LogP contribution in [-0.4, -0.2) is 64.5 Å². The molecular weight excluding hydrogens is 762 g/mol. The molecule has 1 saturated heterocycles. The molecule has 0 aliphatic carbocycles. The second-order valence-electron chi connectivity index (χ2n) is 10.3. The third-order valence-electron chi connectivity index (χ3n) is 6.77. The number of nitro groups is 1. The van der Waals surface area contributed by atoms with Crippen molar-refractivity contribution in [1.29, 1.82) is 0 Å². The van der Waals surface area contributed by atoms with Crippen molar-refractivity contribution >= 4 is 76.7 Å². The predicted octanol–water partition coefficient (Wildman–Crippen LogP) is 5.52. The smallest absolute Gasteiger partial charge is 0.484 e. The minimum absolute atomic E-state index is 0.214. The third kappa shape index (κ3) is 8.90. The number of non-ortho nitro benzene ring substituents is 1. The quantitative estimate of drug-likeness (QED) is 0.0194. The van der Waals surface area contributed by atoms with E-state index >= 15 is 0 Å². The molecule has 0 bridgehead atoms. The van der Waals surface area contributed by atoms with Crippen LogP contribution in [0.2, 0.25) is 0 Å². The van der Waals surface area contributed by atoms with Crippen LogP contribution in [0, 0.1) is 10.1 Å². The molecule has 0 radical (unpaired) electrons. The maximum absolute atomic E-state index is 13.6. The van der Waals surface area contributed by atoms with Crippen LogP contribution in [0.15, 0.2) is 94.7 Å². The molecule has 1 N–H and O–H groups in total. The molecule has 51 heavy (non-hydrogen) atoms. The van der Waals surface area contributed by atoms with Gasteiger partial charge in [-0.1, -0.05) is 41.1 Å². The SMILES string of the molecule is CC(OS(=O)(=O)C(F)(F)F)=C(C(=O)OCc1ccc([N+](=O)[O-])cc1)N1C(=O)C(NC(=O)COc2ccccc2)C1SSc1nc2ccccc2s1. The predicted molar refractivity (Wildman–Crippen MR) is 179 cm³/mol. The lowest BCUT2D eigenvalue weighted by atomic mass is 10.1. The summed E-state index contributed by atoms with van der Waals surface area (Å²) in [6.07, 6.45) is 0. The van der Waals surface area contributed by atoms with Crippen molar-refractivity contribution in [2.75, 3.05) is 6.61 Å². The summed E-state index contributed by atoms with van der Waals surface area (Å²) < 4.78 is 80.1. The number of carbonyl (C=O) groups excluding carboxylic acids is 3. The van der Waals surface area contributed by atoms with Crippen LogP contribution in [0.4, 0.5) is 18.9 Å². The summed E-state index contributed by atoms with van der Waals surface area (Å²) in [6, 6.07) is 18.8. The first-order chi connectivity index (χ1) is 24.1. The van der Waals surface area contributed by atoms with Gasteiger partial charge in [0.2, 0.25) is 0 Å². The van der Waals surface area contributed by atoms with Gasteiger partial charge in [0.05, 0.1) is 15.1 Å². The first-order valence-corrected chi connectivity index (χ1v) is 18.7. The lowest BCUT2D eigenvalue weighted by molar-refractivity contribution is -0.384. The van der Waals surface area contributed by atoms with Crippen LogP contribution in [-0.2, 0) is 40.0 Å². The molecule has 2 heterocycles. The van der Waals surface area contributed by atoms with Crippen molar-refractivity contribution in [3.05, 3.63) is 106 Å². The number of allylic oxidation sites excluding steroid dienone is 1. The number of halogens is 3. The van der Waals surface area contributed by atoms with Gasteiger partial charge in [-0.3, -0.25) is 24.6 Å². The Bertz CT molecular complexity index is 2060. The van der Waals surface area contributed by atoms with Gasteiger partial charge in [0, 0.05) is 12.1 Å². The molecule has 1 aliphatic heterocycles. The lowest BCUT2D eigenvalue weighted by Gasteiger charge is -2.46. The maximum atomic E-state index is 13.6. The molecular formula is C30H23F3N4O10S4. The Labute approximate surface area is 298 Å². The molecule has 1 fully saturated rings. The number of nitro benzene ring substituents is 1. The van der Waals surface area contributed by atoms with E-state index < -0.39 is 74.4 Å². The molecule has 0 saturated carbocycles. The van der Waals surface area contributed by atoms with E-state index in [1.807, 2.05) is 6.07 Å². The number of β-lactam (4-membered cyclic amide) rings is 1. The zero-order chi connectivity index (χ0) is 36.9. The minimum atomic E-state index is -6.32. The summed E-state index contributed by atoms with van der Waals surface area (Å²) in [4.78, 5) is 55.4. The minimum Gasteiger partial charge on any atom is -0.484 e. The molecule has 3 aromatic carbocycles. The fraction of sp³-hybridized carbons (Fsp3) is 0.200. The Morgan fingerprint density at radius 1 is 1.06 bits per heavy atom. The zero-order valence-corrected chi connectivity index (χ0v) is 29.0. The Balaban J connectivity index is 1.44. The number of para-hydroxylation sites is 2. The Hall–Kier alpha value is -4.86.